The van der Waals surface area contributed by atoms with Gasteiger partial charge in [-0.05, 0) is 32.7 Å². The van der Waals surface area contributed by atoms with Crippen molar-refractivity contribution in [1.29, 1.82) is 0 Å². The summed E-state index contributed by atoms with van der Waals surface area (Å²) >= 11 is 0. The Labute approximate surface area is 89.7 Å². The van der Waals surface area contributed by atoms with Gasteiger partial charge in [0.1, 0.15) is 0 Å². The Morgan fingerprint density at radius 1 is 1.53 bits per heavy atom. The Hall–Kier alpha value is -1.03. The molecule has 15 heavy (non-hydrogen) atoms. The van der Waals surface area contributed by atoms with E-state index in [1.54, 1.807) is 6.20 Å². The molecule has 0 spiro atoms. The molecule has 1 aliphatic rings. The largest absolute Gasteiger partial charge is 0.325 e. The third-order valence-corrected chi connectivity index (χ3v) is 3.19. The van der Waals surface area contributed by atoms with Crippen molar-refractivity contribution in [3.63, 3.8) is 0 Å². The number of nitrogens with zero attached hydrogens (tertiary/aromatic N) is 1. The van der Waals surface area contributed by atoms with Crippen LogP contribution in [0.5, 0.6) is 0 Å². The minimum absolute atomic E-state index is 0.0170. The van der Waals surface area contributed by atoms with E-state index in [9.17, 15) is 4.79 Å². The molecule has 0 amide bonds. The van der Waals surface area contributed by atoms with Gasteiger partial charge in [0, 0.05) is 24.5 Å². The zero-order valence-corrected chi connectivity index (χ0v) is 9.25. The molecule has 1 aromatic rings. The summed E-state index contributed by atoms with van der Waals surface area (Å²) in [6.45, 7) is 3.92. The predicted molar refractivity (Wildman–Crippen MR) is 60.0 cm³/mol. The Bertz CT molecular complexity index is 360. The van der Waals surface area contributed by atoms with Crippen LogP contribution in [-0.2, 0) is 6.54 Å². The number of piperidine rings is 1. The highest BCUT2D eigenvalue weighted by molar-refractivity contribution is 4.94. The van der Waals surface area contributed by atoms with Gasteiger partial charge in [0.15, 0.2) is 0 Å². The number of aryl methyl sites for hydroxylation is 1. The highest BCUT2D eigenvalue weighted by atomic mass is 16.1. The van der Waals surface area contributed by atoms with Crippen LogP contribution in [0, 0.1) is 6.92 Å². The summed E-state index contributed by atoms with van der Waals surface area (Å²) in [4.78, 5) is 14.1. The maximum atomic E-state index is 11.4. The summed E-state index contributed by atoms with van der Waals surface area (Å²) in [5.74, 6) is 0. The predicted octanol–water partition coefficient (Wildman–Crippen LogP) is 1.02. The fraction of sp³-hybridized carbons (Fsp3) is 0.727. The summed E-state index contributed by atoms with van der Waals surface area (Å²) in [7, 11) is 0. The topological polar surface area (TPSA) is 49.8 Å². The number of aromatic nitrogens is 2. The lowest BCUT2D eigenvalue weighted by atomic mass is 10.0. The molecule has 2 heterocycles. The van der Waals surface area contributed by atoms with Crippen LogP contribution in [0.4, 0.5) is 0 Å². The van der Waals surface area contributed by atoms with Gasteiger partial charge in [-0.3, -0.25) is 4.57 Å². The molecule has 0 aliphatic carbocycles. The fourth-order valence-corrected chi connectivity index (χ4v) is 2.22. The molecule has 1 saturated heterocycles. The number of nitrogens with one attached hydrogen (secondary N) is 2. The van der Waals surface area contributed by atoms with Crippen LogP contribution in [0.25, 0.3) is 0 Å². The van der Waals surface area contributed by atoms with E-state index in [1.807, 2.05) is 11.5 Å². The van der Waals surface area contributed by atoms with Gasteiger partial charge in [-0.15, -0.1) is 0 Å². The molecule has 1 aromatic heterocycles. The molecule has 0 saturated carbocycles. The maximum absolute atomic E-state index is 11.4. The van der Waals surface area contributed by atoms with Crippen LogP contribution in [0.2, 0.25) is 0 Å². The SMILES string of the molecule is Cc1c[nH]c(=O)n1CCC1CCCCN1. The van der Waals surface area contributed by atoms with Crippen molar-refractivity contribution in [3.05, 3.63) is 22.4 Å². The van der Waals surface area contributed by atoms with E-state index in [4.69, 9.17) is 0 Å². The van der Waals surface area contributed by atoms with E-state index in [-0.39, 0.29) is 5.69 Å². The quantitative estimate of drug-likeness (QED) is 0.780. The van der Waals surface area contributed by atoms with Crippen LogP contribution in [-0.4, -0.2) is 22.1 Å². The summed E-state index contributed by atoms with van der Waals surface area (Å²) in [6.07, 6.45) is 6.69. The third kappa shape index (κ3) is 2.50. The van der Waals surface area contributed by atoms with Gasteiger partial charge in [-0.2, -0.15) is 0 Å². The summed E-state index contributed by atoms with van der Waals surface area (Å²) < 4.78 is 1.82. The van der Waals surface area contributed by atoms with E-state index < -0.39 is 0 Å². The van der Waals surface area contributed by atoms with E-state index in [2.05, 4.69) is 10.3 Å². The highest BCUT2D eigenvalue weighted by Crippen LogP contribution is 2.10. The third-order valence-electron chi connectivity index (χ3n) is 3.19. The number of hydrogen-bond donors (Lipinski definition) is 2. The number of aromatic amines is 1. The first kappa shape index (κ1) is 10.5. The van der Waals surface area contributed by atoms with E-state index >= 15 is 0 Å². The molecule has 0 bridgehead atoms. The molecule has 1 atom stereocenters. The van der Waals surface area contributed by atoms with Crippen LogP contribution < -0.4 is 11.0 Å². The Kier molecular flexibility index (Phi) is 3.26. The fourth-order valence-electron chi connectivity index (χ4n) is 2.22. The molecule has 84 valence electrons. The Morgan fingerprint density at radius 2 is 2.40 bits per heavy atom. The molecule has 2 N–H and O–H groups in total. The van der Waals surface area contributed by atoms with Crippen LogP contribution in [0.1, 0.15) is 31.4 Å². The maximum Gasteiger partial charge on any atom is 0.325 e. The Balaban J connectivity index is 1.89. The summed E-state index contributed by atoms with van der Waals surface area (Å²) in [5, 5.41) is 3.49. The van der Waals surface area contributed by atoms with E-state index in [1.165, 1.54) is 19.3 Å². The van der Waals surface area contributed by atoms with Crippen LogP contribution >= 0.6 is 0 Å². The van der Waals surface area contributed by atoms with Gasteiger partial charge in [-0.1, -0.05) is 6.42 Å². The molecule has 4 heteroatoms. The second-order valence-electron chi connectivity index (χ2n) is 4.32. The molecule has 1 aliphatic heterocycles. The van der Waals surface area contributed by atoms with Gasteiger partial charge in [0.05, 0.1) is 0 Å². The average Bonchev–Trinajstić information content (AvgIpc) is 2.58. The van der Waals surface area contributed by atoms with Crippen LogP contribution in [0.15, 0.2) is 11.0 Å². The number of H-pyrrole nitrogens is 1. The van der Waals surface area contributed by atoms with E-state index in [0.717, 1.165) is 25.2 Å². The van der Waals surface area contributed by atoms with Crippen molar-refractivity contribution in [2.24, 2.45) is 0 Å². The molecule has 4 nitrogen and oxygen atoms in total. The molecular formula is C11H19N3O. The zero-order chi connectivity index (χ0) is 10.7. The first-order chi connectivity index (χ1) is 7.27. The highest BCUT2D eigenvalue weighted by Gasteiger charge is 2.13. The number of rotatable bonds is 3. The summed E-state index contributed by atoms with van der Waals surface area (Å²) in [5.41, 5.74) is 1.04. The molecular weight excluding hydrogens is 190 g/mol. The lowest BCUT2D eigenvalue weighted by Crippen LogP contribution is -2.35. The smallest absolute Gasteiger partial charge is 0.314 e. The first-order valence-electron chi connectivity index (χ1n) is 5.75. The molecule has 2 rings (SSSR count). The van der Waals surface area contributed by atoms with Crippen molar-refractivity contribution < 1.29 is 0 Å². The lowest BCUT2D eigenvalue weighted by molar-refractivity contribution is 0.364. The van der Waals surface area contributed by atoms with Crippen molar-refractivity contribution in [3.8, 4) is 0 Å². The minimum Gasteiger partial charge on any atom is -0.314 e. The lowest BCUT2D eigenvalue weighted by Gasteiger charge is -2.23. The molecule has 0 radical (unpaired) electrons. The van der Waals surface area contributed by atoms with Crippen molar-refractivity contribution >= 4 is 0 Å². The standard InChI is InChI=1S/C11H19N3O/c1-9-8-13-11(15)14(9)7-5-10-4-2-3-6-12-10/h8,10,12H,2-7H2,1H3,(H,13,15). The Morgan fingerprint density at radius 3 is 3.00 bits per heavy atom. The van der Waals surface area contributed by atoms with Crippen LogP contribution in [0.3, 0.4) is 0 Å². The monoisotopic (exact) mass is 209 g/mol. The van der Waals surface area contributed by atoms with Gasteiger partial charge in [0.2, 0.25) is 0 Å². The second kappa shape index (κ2) is 4.66. The van der Waals surface area contributed by atoms with Gasteiger partial charge >= 0.3 is 5.69 Å². The first-order valence-corrected chi connectivity index (χ1v) is 5.75. The molecule has 1 unspecified atom stereocenters. The van der Waals surface area contributed by atoms with Crippen molar-refractivity contribution in [2.45, 2.75) is 45.2 Å². The second-order valence-corrected chi connectivity index (χ2v) is 4.32. The number of imidazole rings is 1. The normalized spacial score (nSPS) is 21.8. The summed E-state index contributed by atoms with van der Waals surface area (Å²) in [6, 6.07) is 0.597. The zero-order valence-electron chi connectivity index (χ0n) is 9.25. The van der Waals surface area contributed by atoms with Gasteiger partial charge in [0.25, 0.3) is 0 Å². The number of hydrogen-bond acceptors (Lipinski definition) is 2. The molecule has 0 aromatic carbocycles. The minimum atomic E-state index is 0.0170. The van der Waals surface area contributed by atoms with Gasteiger partial charge in [-0.25, -0.2) is 4.79 Å². The van der Waals surface area contributed by atoms with E-state index in [0.29, 0.717) is 6.04 Å². The average molecular weight is 209 g/mol. The molecule has 1 fully saturated rings. The van der Waals surface area contributed by atoms with Gasteiger partial charge < -0.3 is 10.3 Å². The van der Waals surface area contributed by atoms with Crippen molar-refractivity contribution in [2.75, 3.05) is 6.54 Å². The van der Waals surface area contributed by atoms with Crippen molar-refractivity contribution in [1.82, 2.24) is 14.9 Å².